The Kier molecular flexibility index (Phi) is 5.66. The van der Waals surface area contributed by atoms with Gasteiger partial charge in [0.1, 0.15) is 5.82 Å². The van der Waals surface area contributed by atoms with Crippen LogP contribution in [0.1, 0.15) is 36.8 Å². The minimum atomic E-state index is -0.898. The predicted octanol–water partition coefficient (Wildman–Crippen LogP) is 2.59. The third kappa shape index (κ3) is 4.69. The molecule has 5 nitrogen and oxygen atoms in total. The fourth-order valence-corrected chi connectivity index (χ4v) is 1.65. The topological polar surface area (TPSA) is 90.2 Å². The molecule has 1 rings (SSSR count). The van der Waals surface area contributed by atoms with E-state index < -0.39 is 11.8 Å². The maximum Gasteiger partial charge on any atom is 0.303 e. The van der Waals surface area contributed by atoms with Crippen LogP contribution in [0.3, 0.4) is 0 Å². The largest absolute Gasteiger partial charge is 0.481 e. The van der Waals surface area contributed by atoms with Crippen molar-refractivity contribution in [3.05, 3.63) is 29.1 Å². The molecule has 106 valence electrons. The van der Waals surface area contributed by atoms with Crippen molar-refractivity contribution >= 4 is 17.6 Å². The first kappa shape index (κ1) is 15.6. The number of unbranched alkanes of at least 4 members (excludes halogenated alkanes) is 1. The average Bonchev–Trinajstić information content (AvgIpc) is 2.39. The van der Waals surface area contributed by atoms with Crippen LogP contribution in [0.4, 0.5) is 10.1 Å². The van der Waals surface area contributed by atoms with Gasteiger partial charge in [0.05, 0.1) is 11.6 Å². The normalized spacial score (nSPS) is 9.85. The van der Waals surface area contributed by atoms with Crippen molar-refractivity contribution in [2.45, 2.75) is 32.6 Å². The van der Waals surface area contributed by atoms with Crippen LogP contribution >= 0.6 is 0 Å². The summed E-state index contributed by atoms with van der Waals surface area (Å²) in [6.45, 7) is 1.51. The lowest BCUT2D eigenvalue weighted by atomic mass is 10.1. The molecule has 0 saturated heterocycles. The molecule has 2 N–H and O–H groups in total. The van der Waals surface area contributed by atoms with Gasteiger partial charge in [-0.2, -0.15) is 5.26 Å². The summed E-state index contributed by atoms with van der Waals surface area (Å²) >= 11 is 0. The van der Waals surface area contributed by atoms with Crippen LogP contribution in [-0.4, -0.2) is 17.0 Å². The van der Waals surface area contributed by atoms with E-state index in [2.05, 4.69) is 5.32 Å². The van der Waals surface area contributed by atoms with E-state index in [1.54, 1.807) is 0 Å². The van der Waals surface area contributed by atoms with E-state index in [1.807, 2.05) is 6.07 Å². The molecule has 0 saturated carbocycles. The Bertz CT molecular complexity index is 564. The minimum absolute atomic E-state index is 0.0187. The van der Waals surface area contributed by atoms with Crippen molar-refractivity contribution in [2.75, 3.05) is 5.32 Å². The summed E-state index contributed by atoms with van der Waals surface area (Å²) in [5, 5.41) is 19.8. The monoisotopic (exact) mass is 278 g/mol. The number of hydrogen-bond donors (Lipinski definition) is 2. The third-order valence-corrected chi connectivity index (χ3v) is 2.79. The molecular formula is C14H15FN2O3. The number of nitrogens with zero attached hydrogens (tertiary/aromatic N) is 1. The molecule has 0 aliphatic heterocycles. The van der Waals surface area contributed by atoms with Gasteiger partial charge in [-0.25, -0.2) is 4.39 Å². The Hall–Kier alpha value is -2.42. The summed E-state index contributed by atoms with van der Waals surface area (Å²) in [4.78, 5) is 22.0. The summed E-state index contributed by atoms with van der Waals surface area (Å²) < 4.78 is 13.5. The van der Waals surface area contributed by atoms with Crippen LogP contribution in [0.2, 0.25) is 0 Å². The SMILES string of the molecule is Cc1c(F)cc(C#N)cc1NC(=O)CCCCC(=O)O. The van der Waals surface area contributed by atoms with E-state index in [0.29, 0.717) is 12.8 Å². The Morgan fingerprint density at radius 3 is 2.60 bits per heavy atom. The van der Waals surface area contributed by atoms with Crippen molar-refractivity contribution in [1.29, 1.82) is 5.26 Å². The third-order valence-electron chi connectivity index (χ3n) is 2.79. The Morgan fingerprint density at radius 2 is 2.00 bits per heavy atom. The zero-order chi connectivity index (χ0) is 15.1. The zero-order valence-corrected chi connectivity index (χ0v) is 11.1. The van der Waals surface area contributed by atoms with E-state index in [4.69, 9.17) is 10.4 Å². The smallest absolute Gasteiger partial charge is 0.303 e. The summed E-state index contributed by atoms with van der Waals surface area (Å²) in [7, 11) is 0. The number of halogens is 1. The Labute approximate surface area is 116 Å². The molecule has 1 amide bonds. The van der Waals surface area contributed by atoms with Crippen molar-refractivity contribution in [1.82, 2.24) is 0 Å². The zero-order valence-electron chi connectivity index (χ0n) is 11.1. The summed E-state index contributed by atoms with van der Waals surface area (Å²) in [5.74, 6) is -1.77. The number of carboxylic acid groups (broad SMARTS) is 1. The number of carbonyl (C=O) groups excluding carboxylic acids is 1. The van der Waals surface area contributed by atoms with Gasteiger partial charge in [0.2, 0.25) is 5.91 Å². The minimum Gasteiger partial charge on any atom is -0.481 e. The van der Waals surface area contributed by atoms with E-state index in [-0.39, 0.29) is 35.6 Å². The number of benzene rings is 1. The van der Waals surface area contributed by atoms with E-state index in [1.165, 1.54) is 13.0 Å². The van der Waals surface area contributed by atoms with Gasteiger partial charge in [-0.3, -0.25) is 9.59 Å². The molecule has 0 aliphatic carbocycles. The number of anilines is 1. The molecule has 0 aliphatic rings. The second-order valence-electron chi connectivity index (χ2n) is 4.39. The highest BCUT2D eigenvalue weighted by atomic mass is 19.1. The van der Waals surface area contributed by atoms with Crippen molar-refractivity contribution in [3.8, 4) is 6.07 Å². The fourth-order valence-electron chi connectivity index (χ4n) is 1.65. The predicted molar refractivity (Wildman–Crippen MR) is 70.6 cm³/mol. The van der Waals surface area contributed by atoms with Gasteiger partial charge in [0.15, 0.2) is 0 Å². The molecular weight excluding hydrogens is 263 g/mol. The number of nitriles is 1. The molecule has 0 heterocycles. The number of nitrogens with one attached hydrogen (secondary N) is 1. The van der Waals surface area contributed by atoms with E-state index >= 15 is 0 Å². The maximum atomic E-state index is 13.5. The Balaban J connectivity index is 2.60. The van der Waals surface area contributed by atoms with Gasteiger partial charge in [-0.05, 0) is 31.9 Å². The molecule has 0 spiro atoms. The van der Waals surface area contributed by atoms with E-state index in [0.717, 1.165) is 6.07 Å². The second-order valence-corrected chi connectivity index (χ2v) is 4.39. The van der Waals surface area contributed by atoms with Crippen molar-refractivity contribution in [3.63, 3.8) is 0 Å². The van der Waals surface area contributed by atoms with Crippen LogP contribution in [-0.2, 0) is 9.59 Å². The molecule has 6 heteroatoms. The quantitative estimate of drug-likeness (QED) is 0.782. The summed E-state index contributed by atoms with van der Waals surface area (Å²) in [6.07, 6.45) is 1.03. The number of amides is 1. The lowest BCUT2D eigenvalue weighted by Crippen LogP contribution is -2.13. The first-order valence-corrected chi connectivity index (χ1v) is 6.16. The highest BCUT2D eigenvalue weighted by Crippen LogP contribution is 2.20. The number of aliphatic carboxylic acids is 1. The van der Waals surface area contributed by atoms with Crippen LogP contribution < -0.4 is 5.32 Å². The molecule has 1 aromatic carbocycles. The number of carboxylic acids is 1. The molecule has 0 bridgehead atoms. The number of rotatable bonds is 6. The van der Waals surface area contributed by atoms with Crippen LogP contribution in [0.25, 0.3) is 0 Å². The summed E-state index contributed by atoms with van der Waals surface area (Å²) in [6, 6.07) is 4.34. The fraction of sp³-hybridized carbons (Fsp3) is 0.357. The second kappa shape index (κ2) is 7.24. The van der Waals surface area contributed by atoms with Crippen molar-refractivity contribution < 1.29 is 19.1 Å². The highest BCUT2D eigenvalue weighted by molar-refractivity contribution is 5.91. The van der Waals surface area contributed by atoms with E-state index in [9.17, 15) is 14.0 Å². The van der Waals surface area contributed by atoms with Gasteiger partial charge >= 0.3 is 5.97 Å². The molecule has 20 heavy (non-hydrogen) atoms. The average molecular weight is 278 g/mol. The van der Waals surface area contributed by atoms with Crippen LogP contribution in [0.15, 0.2) is 12.1 Å². The molecule has 0 fully saturated rings. The lowest BCUT2D eigenvalue weighted by Gasteiger charge is -2.09. The molecule has 0 radical (unpaired) electrons. The van der Waals surface area contributed by atoms with Gasteiger partial charge in [0, 0.05) is 24.1 Å². The standard InChI is InChI=1S/C14H15FN2O3/c1-9-11(15)6-10(8-16)7-12(9)17-13(18)4-2-3-5-14(19)20/h6-7H,2-5H2,1H3,(H,17,18)(H,19,20). The van der Waals surface area contributed by atoms with Gasteiger partial charge in [-0.15, -0.1) is 0 Å². The number of carbonyl (C=O) groups is 2. The lowest BCUT2D eigenvalue weighted by molar-refractivity contribution is -0.137. The number of hydrogen-bond acceptors (Lipinski definition) is 3. The van der Waals surface area contributed by atoms with Crippen molar-refractivity contribution in [2.24, 2.45) is 0 Å². The molecule has 0 aromatic heterocycles. The van der Waals surface area contributed by atoms with Gasteiger partial charge < -0.3 is 10.4 Å². The molecule has 0 atom stereocenters. The Morgan fingerprint density at radius 1 is 1.35 bits per heavy atom. The first-order chi connectivity index (χ1) is 9.43. The molecule has 0 unspecified atom stereocenters. The maximum absolute atomic E-state index is 13.5. The molecule has 1 aromatic rings. The van der Waals surface area contributed by atoms with Crippen LogP contribution in [0, 0.1) is 24.1 Å². The van der Waals surface area contributed by atoms with Gasteiger partial charge in [-0.1, -0.05) is 0 Å². The summed E-state index contributed by atoms with van der Waals surface area (Å²) in [5.41, 5.74) is 0.668. The van der Waals surface area contributed by atoms with Gasteiger partial charge in [0.25, 0.3) is 0 Å². The first-order valence-electron chi connectivity index (χ1n) is 6.16. The highest BCUT2D eigenvalue weighted by Gasteiger charge is 2.10. The van der Waals surface area contributed by atoms with Crippen LogP contribution in [0.5, 0.6) is 0 Å².